The molecule has 0 aliphatic carbocycles. The van der Waals surface area contributed by atoms with E-state index in [0.29, 0.717) is 39.8 Å². The third-order valence-corrected chi connectivity index (χ3v) is 4.91. The maximum absolute atomic E-state index is 12.7. The number of pyridine rings is 2. The van der Waals surface area contributed by atoms with Crippen molar-refractivity contribution in [3.63, 3.8) is 0 Å². The largest absolute Gasteiger partial charge is 0.493 e. The standard InChI is InChI=1S/C23H16F6N4O2/c1-34-19-8-13(2-6-18(19)35-12-16-5-4-15(10-30-16)22(24,25)26)17-11-32-21(33-17)14-3-7-20(31-9-14)23(27,28)29/h2-11H,12H2,1H3,(H,32,33). The molecule has 0 aliphatic rings. The summed E-state index contributed by atoms with van der Waals surface area (Å²) in [4.78, 5) is 14.4. The van der Waals surface area contributed by atoms with Gasteiger partial charge in [0, 0.05) is 23.5 Å². The zero-order chi connectivity index (χ0) is 25.2. The monoisotopic (exact) mass is 494 g/mol. The molecular formula is C23H16F6N4O2. The first-order chi connectivity index (χ1) is 16.5. The van der Waals surface area contributed by atoms with Crippen molar-refractivity contribution in [2.45, 2.75) is 19.0 Å². The Balaban J connectivity index is 1.48. The fourth-order valence-corrected chi connectivity index (χ4v) is 3.10. The Hall–Kier alpha value is -4.09. The van der Waals surface area contributed by atoms with Gasteiger partial charge in [-0.15, -0.1) is 0 Å². The number of hydrogen-bond acceptors (Lipinski definition) is 5. The molecule has 3 aromatic heterocycles. The number of H-pyrrole nitrogens is 1. The molecule has 182 valence electrons. The number of ether oxygens (including phenoxy) is 2. The number of nitrogens with zero attached hydrogens (tertiary/aromatic N) is 3. The Labute approximate surface area is 194 Å². The average molecular weight is 494 g/mol. The molecule has 35 heavy (non-hydrogen) atoms. The second kappa shape index (κ2) is 9.28. The summed E-state index contributed by atoms with van der Waals surface area (Å²) in [5.74, 6) is 1.01. The van der Waals surface area contributed by atoms with Gasteiger partial charge in [-0.2, -0.15) is 26.3 Å². The molecule has 1 N–H and O–H groups in total. The predicted molar refractivity (Wildman–Crippen MR) is 112 cm³/mol. The topological polar surface area (TPSA) is 72.9 Å². The summed E-state index contributed by atoms with van der Waals surface area (Å²) in [5, 5.41) is 0. The molecule has 4 aromatic rings. The number of aromatic amines is 1. The van der Waals surface area contributed by atoms with Gasteiger partial charge in [0.1, 0.15) is 18.1 Å². The maximum atomic E-state index is 12.7. The number of halogens is 6. The quantitative estimate of drug-likeness (QED) is 0.325. The molecule has 4 rings (SSSR count). The van der Waals surface area contributed by atoms with E-state index in [0.717, 1.165) is 24.5 Å². The van der Waals surface area contributed by atoms with Crippen LogP contribution in [0.2, 0.25) is 0 Å². The van der Waals surface area contributed by atoms with Crippen LogP contribution in [0.5, 0.6) is 11.5 Å². The second-order valence-electron chi connectivity index (χ2n) is 7.27. The lowest BCUT2D eigenvalue weighted by Crippen LogP contribution is -2.07. The summed E-state index contributed by atoms with van der Waals surface area (Å²) in [7, 11) is 1.43. The summed E-state index contributed by atoms with van der Waals surface area (Å²) in [6.45, 7) is -0.0804. The summed E-state index contributed by atoms with van der Waals surface area (Å²) in [6.07, 6.45) is -5.68. The van der Waals surface area contributed by atoms with E-state index in [-0.39, 0.29) is 6.61 Å². The first-order valence-corrected chi connectivity index (χ1v) is 9.96. The third-order valence-electron chi connectivity index (χ3n) is 4.91. The molecule has 0 saturated carbocycles. The van der Waals surface area contributed by atoms with Crippen molar-refractivity contribution in [2.24, 2.45) is 0 Å². The van der Waals surface area contributed by atoms with Gasteiger partial charge in [0.15, 0.2) is 11.5 Å². The van der Waals surface area contributed by atoms with E-state index in [1.807, 2.05) is 0 Å². The first kappa shape index (κ1) is 24.0. The number of rotatable bonds is 6. The van der Waals surface area contributed by atoms with Crippen molar-refractivity contribution in [3.8, 4) is 34.1 Å². The summed E-state index contributed by atoms with van der Waals surface area (Å²) < 4.78 is 87.1. The first-order valence-electron chi connectivity index (χ1n) is 9.96. The van der Waals surface area contributed by atoms with Crippen LogP contribution in [-0.2, 0) is 19.0 Å². The number of nitrogens with one attached hydrogen (secondary N) is 1. The molecule has 12 heteroatoms. The molecule has 0 radical (unpaired) electrons. The van der Waals surface area contributed by atoms with Crippen LogP contribution >= 0.6 is 0 Å². The summed E-state index contributed by atoms with van der Waals surface area (Å²) >= 11 is 0. The van der Waals surface area contributed by atoms with Crippen molar-refractivity contribution < 1.29 is 35.8 Å². The number of hydrogen-bond donors (Lipinski definition) is 1. The smallest absolute Gasteiger partial charge is 0.433 e. The lowest BCUT2D eigenvalue weighted by Gasteiger charge is -2.12. The molecule has 3 heterocycles. The zero-order valence-corrected chi connectivity index (χ0v) is 17.9. The third kappa shape index (κ3) is 5.53. The molecule has 0 atom stereocenters. The number of aromatic nitrogens is 4. The number of methoxy groups -OCH3 is 1. The van der Waals surface area contributed by atoms with Crippen LogP contribution < -0.4 is 9.47 Å². The highest BCUT2D eigenvalue weighted by molar-refractivity contribution is 5.67. The summed E-state index contributed by atoms with van der Waals surface area (Å²) in [5.41, 5.74) is 0.0383. The number of alkyl halides is 6. The Morgan fingerprint density at radius 1 is 0.771 bits per heavy atom. The molecule has 0 spiro atoms. The molecule has 0 unspecified atom stereocenters. The van der Waals surface area contributed by atoms with Gasteiger partial charge in [0.2, 0.25) is 0 Å². The van der Waals surface area contributed by atoms with Gasteiger partial charge in [-0.3, -0.25) is 9.97 Å². The van der Waals surface area contributed by atoms with E-state index < -0.39 is 23.6 Å². The predicted octanol–water partition coefficient (Wildman–Crippen LogP) is 6.16. The number of benzene rings is 1. The van der Waals surface area contributed by atoms with Crippen LogP contribution in [-0.4, -0.2) is 27.0 Å². The van der Waals surface area contributed by atoms with Crippen LogP contribution in [0.1, 0.15) is 17.0 Å². The van der Waals surface area contributed by atoms with E-state index >= 15 is 0 Å². The van der Waals surface area contributed by atoms with Crippen molar-refractivity contribution in [2.75, 3.05) is 7.11 Å². The lowest BCUT2D eigenvalue weighted by molar-refractivity contribution is -0.141. The van der Waals surface area contributed by atoms with E-state index in [2.05, 4.69) is 19.9 Å². The minimum absolute atomic E-state index is 0.0804. The van der Waals surface area contributed by atoms with Crippen molar-refractivity contribution in [1.29, 1.82) is 0 Å². The van der Waals surface area contributed by atoms with Gasteiger partial charge in [-0.25, -0.2) is 4.98 Å². The minimum Gasteiger partial charge on any atom is -0.493 e. The van der Waals surface area contributed by atoms with Crippen molar-refractivity contribution in [3.05, 3.63) is 78.0 Å². The van der Waals surface area contributed by atoms with Crippen LogP contribution in [0.15, 0.2) is 61.1 Å². The van der Waals surface area contributed by atoms with Gasteiger partial charge < -0.3 is 14.5 Å². The van der Waals surface area contributed by atoms with Gasteiger partial charge in [-0.1, -0.05) is 0 Å². The molecule has 1 aromatic carbocycles. The van der Waals surface area contributed by atoms with E-state index in [9.17, 15) is 26.3 Å². The molecule has 0 amide bonds. The molecule has 0 aliphatic heterocycles. The van der Waals surface area contributed by atoms with E-state index in [1.165, 1.54) is 25.4 Å². The highest BCUT2D eigenvalue weighted by Gasteiger charge is 2.32. The Morgan fingerprint density at radius 3 is 2.14 bits per heavy atom. The van der Waals surface area contributed by atoms with E-state index in [1.54, 1.807) is 18.2 Å². The van der Waals surface area contributed by atoms with E-state index in [4.69, 9.17) is 9.47 Å². The van der Waals surface area contributed by atoms with Crippen LogP contribution in [0.25, 0.3) is 22.6 Å². The van der Waals surface area contributed by atoms with Gasteiger partial charge >= 0.3 is 12.4 Å². The van der Waals surface area contributed by atoms with Gasteiger partial charge in [-0.05, 0) is 42.5 Å². The van der Waals surface area contributed by atoms with Crippen LogP contribution in [0.4, 0.5) is 26.3 Å². The fraction of sp³-hybridized carbons (Fsp3) is 0.174. The average Bonchev–Trinajstić information content (AvgIpc) is 3.32. The summed E-state index contributed by atoms with van der Waals surface area (Å²) in [6, 6.07) is 9.25. The SMILES string of the molecule is COc1cc(-c2cnc(-c3ccc(C(F)(F)F)nc3)[nH]2)ccc1OCc1ccc(C(F)(F)F)cn1. The van der Waals surface area contributed by atoms with Crippen LogP contribution in [0, 0.1) is 0 Å². The second-order valence-corrected chi connectivity index (χ2v) is 7.27. The highest BCUT2D eigenvalue weighted by Crippen LogP contribution is 2.34. The Morgan fingerprint density at radius 2 is 1.54 bits per heavy atom. The minimum atomic E-state index is -4.53. The highest BCUT2D eigenvalue weighted by atomic mass is 19.4. The number of imidazole rings is 1. The normalized spacial score (nSPS) is 12.0. The molecule has 0 bridgehead atoms. The van der Waals surface area contributed by atoms with Gasteiger partial charge in [0.25, 0.3) is 0 Å². The maximum Gasteiger partial charge on any atom is 0.433 e. The Kier molecular flexibility index (Phi) is 6.37. The van der Waals surface area contributed by atoms with Crippen molar-refractivity contribution >= 4 is 0 Å². The molecular weight excluding hydrogens is 478 g/mol. The van der Waals surface area contributed by atoms with Crippen LogP contribution in [0.3, 0.4) is 0 Å². The fourth-order valence-electron chi connectivity index (χ4n) is 3.10. The van der Waals surface area contributed by atoms with Gasteiger partial charge in [0.05, 0.1) is 30.3 Å². The molecule has 6 nitrogen and oxygen atoms in total. The zero-order valence-electron chi connectivity index (χ0n) is 17.9. The van der Waals surface area contributed by atoms with Crippen molar-refractivity contribution in [1.82, 2.24) is 19.9 Å². The Bertz CT molecular complexity index is 1300. The lowest BCUT2D eigenvalue weighted by atomic mass is 10.1. The molecule has 0 saturated heterocycles. The molecule has 0 fully saturated rings.